The quantitative estimate of drug-likeness (QED) is 0.413. The van der Waals surface area contributed by atoms with Crippen molar-refractivity contribution in [3.05, 3.63) is 10.3 Å². The molecule has 0 spiro atoms. The fourth-order valence-electron chi connectivity index (χ4n) is 0.832. The van der Waals surface area contributed by atoms with Gasteiger partial charge in [0.1, 0.15) is 0 Å². The van der Waals surface area contributed by atoms with Crippen molar-refractivity contribution in [1.29, 1.82) is 0 Å². The molecular formula is C6H11IO. The normalized spacial score (nSPS) is 25.2. The topological polar surface area (TPSA) is 20.2 Å². The van der Waals surface area contributed by atoms with Crippen LogP contribution in [-0.2, 0) is 0 Å². The minimum absolute atomic E-state index is 0.664. The zero-order chi connectivity index (χ0) is 5.82. The van der Waals surface area contributed by atoms with Crippen LogP contribution in [0.1, 0.15) is 12.8 Å². The molecule has 1 heterocycles. The number of aliphatic hydroxyl groups excluding tert-OH is 1. The van der Waals surface area contributed by atoms with Crippen molar-refractivity contribution in [2.24, 2.45) is 0 Å². The standard InChI is InChI=1S/C6H11IO/c8-6-5-7-3-1-2-4-7/h5-6,8H,1-4H2/b6-5-. The van der Waals surface area contributed by atoms with Gasteiger partial charge in [0.25, 0.3) is 0 Å². The van der Waals surface area contributed by atoms with E-state index in [9.17, 15) is 0 Å². The van der Waals surface area contributed by atoms with Crippen LogP contribution in [0.5, 0.6) is 0 Å². The van der Waals surface area contributed by atoms with E-state index in [4.69, 9.17) is 5.11 Å². The van der Waals surface area contributed by atoms with Crippen molar-refractivity contribution in [1.82, 2.24) is 0 Å². The molecule has 0 radical (unpaired) electrons. The maximum absolute atomic E-state index is 8.39. The molecular weight excluding hydrogens is 215 g/mol. The second-order valence-corrected chi connectivity index (χ2v) is 7.57. The Hall–Kier alpha value is 0.270. The Morgan fingerprint density at radius 3 is 2.38 bits per heavy atom. The number of alkyl halides is 2. The van der Waals surface area contributed by atoms with Crippen molar-refractivity contribution in [3.63, 3.8) is 0 Å². The van der Waals surface area contributed by atoms with Gasteiger partial charge in [-0.15, -0.1) is 0 Å². The fourth-order valence-corrected chi connectivity index (χ4v) is 5.58. The number of aliphatic hydroxyl groups is 1. The monoisotopic (exact) mass is 226 g/mol. The summed E-state index contributed by atoms with van der Waals surface area (Å²) in [7, 11) is 0. The van der Waals surface area contributed by atoms with Crippen LogP contribution in [0.3, 0.4) is 0 Å². The summed E-state index contributed by atoms with van der Waals surface area (Å²) in [5.74, 6) is 0. The van der Waals surface area contributed by atoms with E-state index in [0.717, 1.165) is 0 Å². The molecule has 0 aromatic heterocycles. The molecule has 0 unspecified atom stereocenters. The Morgan fingerprint density at radius 1 is 1.25 bits per heavy atom. The third-order valence-corrected chi connectivity index (χ3v) is 6.87. The molecule has 0 amide bonds. The minimum atomic E-state index is -0.664. The van der Waals surface area contributed by atoms with Gasteiger partial charge >= 0.3 is 57.0 Å². The molecule has 1 N–H and O–H groups in total. The van der Waals surface area contributed by atoms with E-state index in [0.29, 0.717) is 0 Å². The zero-order valence-electron chi connectivity index (χ0n) is 4.81. The van der Waals surface area contributed by atoms with Gasteiger partial charge < -0.3 is 0 Å². The molecule has 0 atom stereocenters. The van der Waals surface area contributed by atoms with Gasteiger partial charge in [0.05, 0.1) is 0 Å². The molecule has 0 bridgehead atoms. The summed E-state index contributed by atoms with van der Waals surface area (Å²) in [6.45, 7) is 0. The van der Waals surface area contributed by atoms with Gasteiger partial charge in [-0.25, -0.2) is 0 Å². The average molecular weight is 226 g/mol. The average Bonchev–Trinajstić information content (AvgIpc) is 2.19. The van der Waals surface area contributed by atoms with Crippen molar-refractivity contribution >= 4 is 19.8 Å². The van der Waals surface area contributed by atoms with E-state index in [1.165, 1.54) is 28.0 Å². The van der Waals surface area contributed by atoms with Crippen LogP contribution >= 0.6 is 19.8 Å². The first-order valence-corrected chi connectivity index (χ1v) is 7.14. The van der Waals surface area contributed by atoms with E-state index < -0.39 is 19.8 Å². The third kappa shape index (κ3) is 1.65. The first-order valence-electron chi connectivity index (χ1n) is 2.84. The molecule has 0 aromatic rings. The number of rotatable bonds is 1. The van der Waals surface area contributed by atoms with Crippen molar-refractivity contribution in [2.75, 3.05) is 8.86 Å². The number of hydrogen-bond donors (Lipinski definition) is 1. The molecule has 8 heavy (non-hydrogen) atoms. The second-order valence-electron chi connectivity index (χ2n) is 1.86. The molecule has 48 valence electrons. The van der Waals surface area contributed by atoms with Gasteiger partial charge in [0.15, 0.2) is 0 Å². The van der Waals surface area contributed by atoms with E-state index in [-0.39, 0.29) is 0 Å². The van der Waals surface area contributed by atoms with Gasteiger partial charge in [-0.1, -0.05) is 0 Å². The van der Waals surface area contributed by atoms with Gasteiger partial charge in [-0.2, -0.15) is 0 Å². The molecule has 0 aliphatic carbocycles. The van der Waals surface area contributed by atoms with Crippen molar-refractivity contribution in [3.8, 4) is 0 Å². The van der Waals surface area contributed by atoms with Gasteiger partial charge in [0, 0.05) is 0 Å². The second kappa shape index (κ2) is 3.33. The molecule has 1 aliphatic heterocycles. The number of hydrogen-bond acceptors (Lipinski definition) is 1. The summed E-state index contributed by atoms with van der Waals surface area (Å²) in [6.07, 6.45) is 4.07. The SMILES string of the molecule is O/C=C\I1CCCC1. The summed E-state index contributed by atoms with van der Waals surface area (Å²) < 4.78 is 4.92. The van der Waals surface area contributed by atoms with Gasteiger partial charge in [0.2, 0.25) is 0 Å². The van der Waals surface area contributed by atoms with Crippen molar-refractivity contribution < 1.29 is 5.11 Å². The van der Waals surface area contributed by atoms with Crippen LogP contribution in [0.4, 0.5) is 0 Å². The van der Waals surface area contributed by atoms with Crippen LogP contribution in [0, 0.1) is 0 Å². The van der Waals surface area contributed by atoms with E-state index in [2.05, 4.69) is 4.08 Å². The van der Waals surface area contributed by atoms with Crippen LogP contribution in [0.2, 0.25) is 0 Å². The number of halogens is 1. The summed E-state index contributed by atoms with van der Waals surface area (Å²) in [5, 5.41) is 8.39. The van der Waals surface area contributed by atoms with E-state index in [1.807, 2.05) is 0 Å². The Balaban J connectivity index is 2.24. The fraction of sp³-hybridized carbons (Fsp3) is 0.667. The summed E-state index contributed by atoms with van der Waals surface area (Å²) in [6, 6.07) is 0. The summed E-state index contributed by atoms with van der Waals surface area (Å²) in [5.41, 5.74) is 0. The molecule has 2 heteroatoms. The molecule has 1 saturated heterocycles. The summed E-state index contributed by atoms with van der Waals surface area (Å²) in [4.78, 5) is 0. The molecule has 1 nitrogen and oxygen atoms in total. The van der Waals surface area contributed by atoms with Crippen LogP contribution in [0.15, 0.2) is 10.3 Å². The van der Waals surface area contributed by atoms with Gasteiger partial charge in [-0.05, 0) is 0 Å². The van der Waals surface area contributed by atoms with E-state index in [1.54, 1.807) is 0 Å². The van der Waals surface area contributed by atoms with Crippen LogP contribution in [-0.4, -0.2) is 14.0 Å². The molecule has 1 rings (SSSR count). The Morgan fingerprint density at radius 2 is 1.88 bits per heavy atom. The van der Waals surface area contributed by atoms with Crippen LogP contribution in [0.25, 0.3) is 0 Å². The molecule has 1 aliphatic rings. The Bertz CT molecular complexity index is 84.5. The zero-order valence-corrected chi connectivity index (χ0v) is 6.97. The predicted molar refractivity (Wildman–Crippen MR) is 44.8 cm³/mol. The first-order chi connectivity index (χ1) is 3.93. The molecule has 1 fully saturated rings. The van der Waals surface area contributed by atoms with Crippen molar-refractivity contribution in [2.45, 2.75) is 12.8 Å². The Kier molecular flexibility index (Phi) is 2.66. The Labute approximate surface area is 57.2 Å². The van der Waals surface area contributed by atoms with Crippen LogP contribution < -0.4 is 0 Å². The molecule has 0 saturated carbocycles. The molecule has 0 aromatic carbocycles. The van der Waals surface area contributed by atoms with E-state index >= 15 is 0 Å². The summed E-state index contributed by atoms with van der Waals surface area (Å²) >= 11 is -0.664. The third-order valence-electron chi connectivity index (χ3n) is 1.24. The maximum atomic E-state index is 8.39. The van der Waals surface area contributed by atoms with Gasteiger partial charge in [-0.3, -0.25) is 0 Å². The predicted octanol–water partition coefficient (Wildman–Crippen LogP) is 2.32. The first kappa shape index (κ1) is 6.39.